The molecule has 9 nitrogen and oxygen atoms in total. The van der Waals surface area contributed by atoms with Gasteiger partial charge >= 0.3 is 6.09 Å². The Morgan fingerprint density at radius 1 is 1.10 bits per heavy atom. The first-order chi connectivity index (χ1) is 14.6. The third-order valence-corrected chi connectivity index (χ3v) is 9.02. The molecule has 1 aromatic rings. The largest absolute Gasteiger partial charge is 0.465 e. The molecule has 0 atom stereocenters. The molecular weight excluding hydrogens is 469 g/mol. The highest BCUT2D eigenvalue weighted by molar-refractivity contribution is 7.89. The summed E-state index contributed by atoms with van der Waals surface area (Å²) in [6.07, 6.45) is -0.0301. The highest BCUT2D eigenvalue weighted by Crippen LogP contribution is 2.39. The zero-order valence-electron chi connectivity index (χ0n) is 16.8. The van der Waals surface area contributed by atoms with E-state index in [-0.39, 0.29) is 44.9 Å². The van der Waals surface area contributed by atoms with E-state index in [1.165, 1.54) is 4.31 Å². The van der Waals surface area contributed by atoms with Crippen molar-refractivity contribution in [3.63, 3.8) is 0 Å². The van der Waals surface area contributed by atoms with Crippen LogP contribution in [-0.2, 0) is 14.8 Å². The normalized spacial score (nSPS) is 20.4. The fraction of sp³-hybridized carbons (Fsp3) is 0.579. The lowest BCUT2D eigenvalue weighted by Crippen LogP contribution is -2.54. The number of nitrogens with zero attached hydrogens (tertiary/aromatic N) is 2. The monoisotopic (exact) mass is 493 g/mol. The van der Waals surface area contributed by atoms with Crippen LogP contribution in [0.25, 0.3) is 0 Å². The van der Waals surface area contributed by atoms with Crippen LogP contribution in [0.4, 0.5) is 4.79 Å². The van der Waals surface area contributed by atoms with E-state index in [4.69, 9.17) is 28.3 Å². The third-order valence-electron chi connectivity index (χ3n) is 6.29. The number of hydrogen-bond acceptors (Lipinski definition) is 5. The summed E-state index contributed by atoms with van der Waals surface area (Å²) in [4.78, 5) is 24.7. The zero-order chi connectivity index (χ0) is 22.8. The van der Waals surface area contributed by atoms with Gasteiger partial charge in [0.2, 0.25) is 10.0 Å². The van der Waals surface area contributed by atoms with Gasteiger partial charge < -0.3 is 10.0 Å². The quantitative estimate of drug-likeness (QED) is 0.427. The molecule has 0 saturated carbocycles. The standard InChI is InChI=1S/C19H25Cl2N3O6S/c20-14-2-1-3-15(21)16(14)13-4-8-24(9-5-13)31(29,30)12-19(17(25)22-28)6-10-23(11-7-19)18(26)27/h1-3,13,28H,4-12H2,(H,22,25)(H,26,27). The summed E-state index contributed by atoms with van der Waals surface area (Å²) in [6, 6.07) is 5.27. The molecule has 31 heavy (non-hydrogen) atoms. The number of hydroxylamine groups is 1. The summed E-state index contributed by atoms with van der Waals surface area (Å²) in [5, 5.41) is 19.4. The molecule has 0 spiro atoms. The van der Waals surface area contributed by atoms with Crippen molar-refractivity contribution in [2.75, 3.05) is 31.9 Å². The van der Waals surface area contributed by atoms with Gasteiger partial charge in [-0.1, -0.05) is 29.3 Å². The molecule has 2 fully saturated rings. The van der Waals surface area contributed by atoms with Crippen molar-refractivity contribution in [2.45, 2.75) is 31.6 Å². The highest BCUT2D eigenvalue weighted by Gasteiger charge is 2.47. The third kappa shape index (κ3) is 5.09. The molecule has 2 amide bonds. The van der Waals surface area contributed by atoms with Crippen molar-refractivity contribution in [2.24, 2.45) is 5.41 Å². The minimum absolute atomic E-state index is 0.0105. The number of halogens is 2. The van der Waals surface area contributed by atoms with Crippen molar-refractivity contribution < 1.29 is 28.3 Å². The SMILES string of the molecule is O=C(O)N1CCC(CS(=O)(=O)N2CCC(c3c(Cl)cccc3Cl)CC2)(C(=O)NO)CC1. The molecule has 1 aromatic carbocycles. The summed E-state index contributed by atoms with van der Waals surface area (Å²) in [5.74, 6) is -1.27. The number of piperidine rings is 2. The van der Waals surface area contributed by atoms with Crippen LogP contribution in [0.15, 0.2) is 18.2 Å². The molecule has 172 valence electrons. The number of carbonyl (C=O) groups excluding carboxylic acids is 1. The molecule has 3 N–H and O–H groups in total. The van der Waals surface area contributed by atoms with Crippen molar-refractivity contribution >= 4 is 45.2 Å². The zero-order valence-corrected chi connectivity index (χ0v) is 19.1. The predicted molar refractivity (Wildman–Crippen MR) is 115 cm³/mol. The van der Waals surface area contributed by atoms with Gasteiger partial charge in [0.25, 0.3) is 5.91 Å². The van der Waals surface area contributed by atoms with Gasteiger partial charge in [-0.25, -0.2) is 23.0 Å². The van der Waals surface area contributed by atoms with Gasteiger partial charge in [-0.2, -0.15) is 0 Å². The number of carbonyl (C=O) groups is 2. The maximum Gasteiger partial charge on any atom is 0.407 e. The van der Waals surface area contributed by atoms with E-state index in [0.29, 0.717) is 22.9 Å². The second kappa shape index (κ2) is 9.50. The smallest absolute Gasteiger partial charge is 0.407 e. The number of sulfonamides is 1. The summed E-state index contributed by atoms with van der Waals surface area (Å²) in [7, 11) is -3.83. The van der Waals surface area contributed by atoms with Crippen LogP contribution in [0.5, 0.6) is 0 Å². The number of amides is 2. The maximum atomic E-state index is 13.2. The van der Waals surface area contributed by atoms with E-state index in [1.807, 2.05) is 0 Å². The van der Waals surface area contributed by atoms with Gasteiger partial charge in [0.1, 0.15) is 0 Å². The lowest BCUT2D eigenvalue weighted by Gasteiger charge is -2.40. The Kier molecular flexibility index (Phi) is 7.37. The molecule has 2 aliphatic heterocycles. The number of rotatable bonds is 5. The van der Waals surface area contributed by atoms with E-state index in [2.05, 4.69) is 0 Å². The number of nitrogens with one attached hydrogen (secondary N) is 1. The summed E-state index contributed by atoms with van der Waals surface area (Å²) >= 11 is 12.6. The van der Waals surface area contributed by atoms with Crippen LogP contribution in [0, 0.1) is 5.41 Å². The summed E-state index contributed by atoms with van der Waals surface area (Å²) < 4.78 is 27.7. The molecule has 0 aliphatic carbocycles. The van der Waals surface area contributed by atoms with Crippen molar-refractivity contribution in [1.29, 1.82) is 0 Å². The van der Waals surface area contributed by atoms with Crippen LogP contribution in [0.3, 0.4) is 0 Å². The second-order valence-electron chi connectivity index (χ2n) is 8.06. The van der Waals surface area contributed by atoms with Gasteiger partial charge in [0.05, 0.1) is 11.2 Å². The van der Waals surface area contributed by atoms with Gasteiger partial charge in [0.15, 0.2) is 0 Å². The molecule has 2 heterocycles. The van der Waals surface area contributed by atoms with E-state index in [1.54, 1.807) is 23.7 Å². The number of benzene rings is 1. The Morgan fingerprint density at radius 2 is 1.65 bits per heavy atom. The van der Waals surface area contributed by atoms with Crippen LogP contribution in [0.1, 0.15) is 37.2 Å². The molecule has 2 saturated heterocycles. The van der Waals surface area contributed by atoms with Crippen molar-refractivity contribution in [1.82, 2.24) is 14.7 Å². The van der Waals surface area contributed by atoms with E-state index in [9.17, 15) is 23.2 Å². The molecule has 0 bridgehead atoms. The highest BCUT2D eigenvalue weighted by atomic mass is 35.5. The molecule has 2 aliphatic rings. The van der Waals surface area contributed by atoms with Gasteiger partial charge in [-0.05, 0) is 49.3 Å². The van der Waals surface area contributed by atoms with E-state index in [0.717, 1.165) is 10.5 Å². The number of likely N-dealkylation sites (tertiary alicyclic amines) is 1. The molecule has 0 unspecified atom stereocenters. The summed E-state index contributed by atoms with van der Waals surface area (Å²) in [6.45, 7) is 0.552. The van der Waals surface area contributed by atoms with Crippen LogP contribution in [-0.4, -0.2) is 71.9 Å². The first kappa shape index (κ1) is 24.1. The van der Waals surface area contributed by atoms with Crippen molar-refractivity contribution in [3.8, 4) is 0 Å². The van der Waals surface area contributed by atoms with Crippen LogP contribution < -0.4 is 5.48 Å². The fourth-order valence-corrected chi connectivity index (χ4v) is 7.22. The predicted octanol–water partition coefficient (Wildman–Crippen LogP) is 2.77. The Morgan fingerprint density at radius 3 is 2.13 bits per heavy atom. The topological polar surface area (TPSA) is 127 Å². The van der Waals surface area contributed by atoms with Gasteiger partial charge in [-0.3, -0.25) is 10.0 Å². The first-order valence-corrected chi connectivity index (χ1v) is 12.3. The number of carboxylic acid groups (broad SMARTS) is 1. The fourth-order valence-electron chi connectivity index (χ4n) is 4.45. The van der Waals surface area contributed by atoms with E-state index >= 15 is 0 Å². The number of hydrogen-bond donors (Lipinski definition) is 3. The Balaban J connectivity index is 1.71. The van der Waals surface area contributed by atoms with Crippen LogP contribution in [0.2, 0.25) is 10.0 Å². The minimum Gasteiger partial charge on any atom is -0.465 e. The lowest BCUT2D eigenvalue weighted by atomic mass is 9.79. The van der Waals surface area contributed by atoms with Gasteiger partial charge in [0, 0.05) is 36.2 Å². The molecular formula is C19H25Cl2N3O6S. The second-order valence-corrected chi connectivity index (χ2v) is 10.8. The molecule has 12 heteroatoms. The van der Waals surface area contributed by atoms with Crippen molar-refractivity contribution in [3.05, 3.63) is 33.8 Å². The average molecular weight is 494 g/mol. The first-order valence-electron chi connectivity index (χ1n) is 9.94. The molecule has 3 rings (SSSR count). The minimum atomic E-state index is -3.83. The van der Waals surface area contributed by atoms with Gasteiger partial charge in [-0.15, -0.1) is 0 Å². The summed E-state index contributed by atoms with van der Waals surface area (Å²) in [5.41, 5.74) is 1.00. The maximum absolute atomic E-state index is 13.2. The molecule has 0 aromatic heterocycles. The van der Waals surface area contributed by atoms with E-state index < -0.39 is 33.2 Å². The Hall–Kier alpha value is -1.59. The average Bonchev–Trinajstić information content (AvgIpc) is 2.73. The Labute approximate surface area is 190 Å². The Bertz CT molecular complexity index is 922. The lowest BCUT2D eigenvalue weighted by molar-refractivity contribution is -0.141. The van der Waals surface area contributed by atoms with Crippen LogP contribution >= 0.6 is 23.2 Å². The molecule has 0 radical (unpaired) electrons.